The minimum absolute atomic E-state index is 0.000754. The summed E-state index contributed by atoms with van der Waals surface area (Å²) in [7, 11) is 1.27. The average molecular weight is 865 g/mol. The van der Waals surface area contributed by atoms with Crippen molar-refractivity contribution >= 4 is 13.7 Å². The van der Waals surface area contributed by atoms with Crippen molar-refractivity contribution < 1.29 is 32.9 Å². The Balaban J connectivity index is 4.40. The van der Waals surface area contributed by atoms with E-state index in [9.17, 15) is 19.4 Å². The molecule has 2 N–H and O–H groups in total. The van der Waals surface area contributed by atoms with Crippen molar-refractivity contribution in [3.8, 4) is 0 Å². The van der Waals surface area contributed by atoms with Gasteiger partial charge in [-0.3, -0.25) is 9.36 Å². The lowest BCUT2D eigenvalue weighted by Crippen LogP contribution is -2.46. The quantitative estimate of drug-likeness (QED) is 0.0273. The number of amides is 1. The molecule has 0 fully saturated rings. The summed E-state index contributed by atoms with van der Waals surface area (Å²) in [4.78, 5) is 25.4. The molecule has 0 saturated heterocycles. The van der Waals surface area contributed by atoms with E-state index in [-0.39, 0.29) is 25.5 Å². The number of aliphatic hydroxyl groups excluding tert-OH is 1. The SMILES string of the molecule is CCCCCCCCC/C=C/C/C=C/C/C=C/C/C=C/CCCC(=O)N[C@@H](COP(=O)([O-])OCC[N+](C)(C)C)[C@H](O)CCCCCCCCCCCCCCCCCCC. The second kappa shape index (κ2) is 42.7. The first kappa shape index (κ1) is 58.5. The molecule has 0 aliphatic carbocycles. The molecular weight excluding hydrogens is 768 g/mol. The van der Waals surface area contributed by atoms with Crippen molar-refractivity contribution in [3.05, 3.63) is 48.6 Å². The lowest BCUT2D eigenvalue weighted by atomic mass is 10.0. The van der Waals surface area contributed by atoms with Gasteiger partial charge in [0, 0.05) is 6.42 Å². The van der Waals surface area contributed by atoms with Crippen molar-refractivity contribution in [3.63, 3.8) is 0 Å². The van der Waals surface area contributed by atoms with Gasteiger partial charge in [0.15, 0.2) is 0 Å². The summed E-state index contributed by atoms with van der Waals surface area (Å²) < 4.78 is 23.3. The Morgan fingerprint density at radius 3 is 1.40 bits per heavy atom. The van der Waals surface area contributed by atoms with Crippen LogP contribution in [0.15, 0.2) is 48.6 Å². The average Bonchev–Trinajstić information content (AvgIpc) is 3.20. The number of nitrogens with one attached hydrogen (secondary N) is 1. The van der Waals surface area contributed by atoms with Crippen LogP contribution in [0.25, 0.3) is 0 Å². The van der Waals surface area contributed by atoms with Gasteiger partial charge in [-0.25, -0.2) is 0 Å². The van der Waals surface area contributed by atoms with Gasteiger partial charge >= 0.3 is 0 Å². The number of rotatable bonds is 45. The summed E-state index contributed by atoms with van der Waals surface area (Å²) in [5.74, 6) is -0.218. The molecule has 60 heavy (non-hydrogen) atoms. The number of nitrogens with zero attached hydrogens (tertiary/aromatic N) is 1. The van der Waals surface area contributed by atoms with E-state index < -0.39 is 20.0 Å². The van der Waals surface area contributed by atoms with Crippen molar-refractivity contribution in [2.24, 2.45) is 0 Å². The van der Waals surface area contributed by atoms with E-state index in [1.54, 1.807) is 0 Å². The zero-order chi connectivity index (χ0) is 44.3. The summed E-state index contributed by atoms with van der Waals surface area (Å²) in [6.45, 7) is 4.68. The lowest BCUT2D eigenvalue weighted by Gasteiger charge is -2.30. The summed E-state index contributed by atoms with van der Waals surface area (Å²) in [6.07, 6.45) is 54.1. The Kier molecular flexibility index (Phi) is 41.6. The van der Waals surface area contributed by atoms with Crippen molar-refractivity contribution in [1.82, 2.24) is 5.32 Å². The van der Waals surface area contributed by atoms with Crippen LogP contribution < -0.4 is 10.2 Å². The number of phosphoric ester groups is 1. The number of hydrogen-bond donors (Lipinski definition) is 2. The predicted molar refractivity (Wildman–Crippen MR) is 256 cm³/mol. The topological polar surface area (TPSA) is 108 Å². The molecule has 0 heterocycles. The van der Waals surface area contributed by atoms with Crippen LogP contribution in [0.5, 0.6) is 0 Å². The van der Waals surface area contributed by atoms with Gasteiger partial charge in [-0.2, -0.15) is 0 Å². The molecule has 8 nitrogen and oxygen atoms in total. The molecule has 0 spiro atoms. The molecule has 0 aromatic carbocycles. The largest absolute Gasteiger partial charge is 0.756 e. The van der Waals surface area contributed by atoms with Gasteiger partial charge in [-0.15, -0.1) is 0 Å². The van der Waals surface area contributed by atoms with Gasteiger partial charge in [-0.05, 0) is 51.4 Å². The summed E-state index contributed by atoms with van der Waals surface area (Å²) in [5.41, 5.74) is 0. The standard InChI is InChI=1S/C51H97N2O6P/c1-6-8-10-12-14-16-18-20-22-24-25-26-27-29-31-33-35-37-39-41-43-45-51(55)52-49(48-59-60(56,57)58-47-46-53(3,4)5)50(54)44-42-40-38-36-34-32-30-28-23-21-19-17-15-13-11-9-7-2/h22,24,26-27,31,33,37,39,49-50,54H,6-21,23,25,28-30,32,34-36,38,40-48H2,1-5H3,(H-,52,55,56,57)/b24-22+,27-26+,33-31+,39-37+/t49-,50+/m0/s1. The van der Waals surface area contributed by atoms with Gasteiger partial charge in [0.25, 0.3) is 7.82 Å². The lowest BCUT2D eigenvalue weighted by molar-refractivity contribution is -0.870. The van der Waals surface area contributed by atoms with Gasteiger partial charge in [0.05, 0.1) is 39.9 Å². The van der Waals surface area contributed by atoms with E-state index in [1.165, 1.54) is 141 Å². The number of allylic oxidation sites excluding steroid dienone is 8. The van der Waals surface area contributed by atoms with Crippen LogP contribution in [0.1, 0.15) is 219 Å². The Bertz CT molecular complexity index is 1120. The minimum atomic E-state index is -4.58. The third kappa shape index (κ3) is 44.5. The highest BCUT2D eigenvalue weighted by Gasteiger charge is 2.24. The van der Waals surface area contributed by atoms with Gasteiger partial charge in [0.2, 0.25) is 5.91 Å². The van der Waals surface area contributed by atoms with Crippen molar-refractivity contribution in [2.45, 2.75) is 231 Å². The fraction of sp³-hybridized carbons (Fsp3) is 0.824. The first-order valence-electron chi connectivity index (χ1n) is 25.0. The van der Waals surface area contributed by atoms with E-state index in [1.807, 2.05) is 21.1 Å². The second-order valence-corrected chi connectivity index (χ2v) is 19.6. The van der Waals surface area contributed by atoms with Crippen LogP contribution in [0.3, 0.4) is 0 Å². The van der Waals surface area contributed by atoms with Gasteiger partial charge < -0.3 is 28.8 Å². The molecule has 1 unspecified atom stereocenters. The molecule has 3 atom stereocenters. The zero-order valence-electron chi connectivity index (χ0n) is 39.9. The number of carbonyl (C=O) groups excluding carboxylic acids is 1. The fourth-order valence-corrected chi connectivity index (χ4v) is 7.81. The highest BCUT2D eigenvalue weighted by molar-refractivity contribution is 7.45. The third-order valence-corrected chi connectivity index (χ3v) is 12.0. The van der Waals surface area contributed by atoms with E-state index in [0.717, 1.165) is 44.9 Å². The normalized spacial score (nSPS) is 14.6. The third-order valence-electron chi connectivity index (χ3n) is 11.1. The first-order chi connectivity index (χ1) is 29.0. The number of quaternary nitrogens is 1. The van der Waals surface area contributed by atoms with E-state index in [0.29, 0.717) is 23.9 Å². The van der Waals surface area contributed by atoms with Crippen molar-refractivity contribution in [1.29, 1.82) is 0 Å². The van der Waals surface area contributed by atoms with E-state index in [2.05, 4.69) is 67.8 Å². The van der Waals surface area contributed by atoms with Crippen LogP contribution in [0.4, 0.5) is 0 Å². The van der Waals surface area contributed by atoms with Gasteiger partial charge in [0.1, 0.15) is 13.2 Å². The summed E-state index contributed by atoms with van der Waals surface area (Å²) in [6, 6.07) is -0.830. The second-order valence-electron chi connectivity index (χ2n) is 18.2. The van der Waals surface area contributed by atoms with E-state index in [4.69, 9.17) is 9.05 Å². The van der Waals surface area contributed by atoms with Crippen LogP contribution in [0, 0.1) is 0 Å². The molecule has 0 bridgehead atoms. The zero-order valence-corrected chi connectivity index (χ0v) is 40.8. The number of carbonyl (C=O) groups is 1. The molecular formula is C51H97N2O6P. The molecule has 0 rings (SSSR count). The Hall–Kier alpha value is -1.54. The molecule has 9 heteroatoms. The smallest absolute Gasteiger partial charge is 0.268 e. The predicted octanol–water partition coefficient (Wildman–Crippen LogP) is 13.8. The number of unbranched alkanes of at least 4 members (excludes halogenated alkanes) is 24. The molecule has 352 valence electrons. The molecule has 0 saturated carbocycles. The van der Waals surface area contributed by atoms with Gasteiger partial charge in [-0.1, -0.05) is 210 Å². The maximum Gasteiger partial charge on any atom is 0.268 e. The van der Waals surface area contributed by atoms with E-state index >= 15 is 0 Å². The first-order valence-corrected chi connectivity index (χ1v) is 26.4. The maximum absolute atomic E-state index is 12.9. The van der Waals surface area contributed by atoms with Crippen LogP contribution in [0.2, 0.25) is 0 Å². The van der Waals surface area contributed by atoms with Crippen LogP contribution in [-0.2, 0) is 18.4 Å². The maximum atomic E-state index is 12.9. The van der Waals surface area contributed by atoms with Crippen LogP contribution >= 0.6 is 7.82 Å². The molecule has 0 aromatic rings. The Morgan fingerprint density at radius 1 is 0.583 bits per heavy atom. The highest BCUT2D eigenvalue weighted by atomic mass is 31.2. The fourth-order valence-electron chi connectivity index (χ4n) is 7.09. The highest BCUT2D eigenvalue weighted by Crippen LogP contribution is 2.38. The molecule has 1 amide bonds. The molecule has 0 aliphatic heterocycles. The monoisotopic (exact) mass is 865 g/mol. The van der Waals surface area contributed by atoms with Crippen LogP contribution in [-0.4, -0.2) is 68.5 Å². The Labute approximate surface area is 371 Å². The molecule has 0 radical (unpaired) electrons. The minimum Gasteiger partial charge on any atom is -0.756 e. The molecule has 0 aromatic heterocycles. The summed E-state index contributed by atoms with van der Waals surface area (Å²) in [5, 5.41) is 13.9. The number of phosphoric acid groups is 1. The Morgan fingerprint density at radius 2 is 0.967 bits per heavy atom. The number of likely N-dealkylation sites (N-methyl/N-ethyl adjacent to an activating group) is 1. The number of hydrogen-bond acceptors (Lipinski definition) is 6. The number of aliphatic hydroxyl groups is 1. The summed E-state index contributed by atoms with van der Waals surface area (Å²) >= 11 is 0. The molecule has 0 aliphatic rings. The van der Waals surface area contributed by atoms with Crippen molar-refractivity contribution in [2.75, 3.05) is 40.9 Å².